The highest BCUT2D eigenvalue weighted by Gasteiger charge is 2.31. The molecule has 0 aliphatic rings. The molecular formula is C24H24Cl2N2O3S. The molecule has 0 radical (unpaired) electrons. The van der Waals surface area contributed by atoms with E-state index in [1.54, 1.807) is 30.3 Å². The molecule has 32 heavy (non-hydrogen) atoms. The summed E-state index contributed by atoms with van der Waals surface area (Å²) < 4.78 is 27.9. The van der Waals surface area contributed by atoms with Crippen LogP contribution < -0.4 is 9.62 Å². The van der Waals surface area contributed by atoms with Crippen molar-refractivity contribution in [1.82, 2.24) is 5.32 Å². The molecule has 3 aromatic carbocycles. The Morgan fingerprint density at radius 3 is 2.12 bits per heavy atom. The monoisotopic (exact) mass is 490 g/mol. The van der Waals surface area contributed by atoms with Crippen LogP contribution in [0.3, 0.4) is 0 Å². The molecule has 8 heteroatoms. The van der Waals surface area contributed by atoms with E-state index in [1.807, 2.05) is 44.2 Å². The van der Waals surface area contributed by atoms with E-state index < -0.39 is 28.0 Å². The maximum atomic E-state index is 13.4. The Kier molecular flexibility index (Phi) is 7.49. The summed E-state index contributed by atoms with van der Waals surface area (Å²) in [7, 11) is -4.07. The molecule has 1 amide bonds. The van der Waals surface area contributed by atoms with Gasteiger partial charge in [0.15, 0.2) is 0 Å². The maximum Gasteiger partial charge on any atom is 0.264 e. The van der Waals surface area contributed by atoms with E-state index in [2.05, 4.69) is 5.32 Å². The zero-order valence-electron chi connectivity index (χ0n) is 17.8. The molecule has 3 aromatic rings. The van der Waals surface area contributed by atoms with E-state index in [0.717, 1.165) is 9.87 Å². The molecule has 0 spiro atoms. The lowest BCUT2D eigenvalue weighted by Crippen LogP contribution is -2.50. The molecule has 0 unspecified atom stereocenters. The summed E-state index contributed by atoms with van der Waals surface area (Å²) in [5.41, 5.74) is 0.599. The standard InChI is InChI=1S/C24H24Cl2N2O3S/c1-24(2,16-18-10-5-3-6-11-18)27-22(29)17-28(21-15-9-14-20(25)23(21)26)32(30,31)19-12-7-4-8-13-19/h3-15H,16-17H2,1-2H3,(H,27,29). The Morgan fingerprint density at radius 2 is 1.50 bits per heavy atom. The summed E-state index contributed by atoms with van der Waals surface area (Å²) in [6, 6.07) is 22.3. The number of benzene rings is 3. The molecule has 0 atom stereocenters. The second-order valence-corrected chi connectivity index (χ2v) is 10.6. The van der Waals surface area contributed by atoms with Gasteiger partial charge in [-0.1, -0.05) is 77.8 Å². The fraction of sp³-hybridized carbons (Fsp3) is 0.208. The van der Waals surface area contributed by atoms with Crippen molar-refractivity contribution in [3.63, 3.8) is 0 Å². The first kappa shape index (κ1) is 24.1. The highest BCUT2D eigenvalue weighted by Crippen LogP contribution is 2.35. The molecule has 0 aromatic heterocycles. The molecule has 0 heterocycles. The van der Waals surface area contributed by atoms with Crippen molar-refractivity contribution in [1.29, 1.82) is 0 Å². The molecule has 5 nitrogen and oxygen atoms in total. The van der Waals surface area contributed by atoms with Crippen LogP contribution in [0.2, 0.25) is 10.0 Å². The van der Waals surface area contributed by atoms with Gasteiger partial charge in [0.05, 0.1) is 20.6 Å². The number of nitrogens with one attached hydrogen (secondary N) is 1. The molecule has 168 valence electrons. The average Bonchev–Trinajstić information content (AvgIpc) is 2.75. The van der Waals surface area contributed by atoms with Crippen LogP contribution in [0, 0.1) is 0 Å². The SMILES string of the molecule is CC(C)(Cc1ccccc1)NC(=O)CN(c1cccc(Cl)c1Cl)S(=O)(=O)c1ccccc1. The number of halogens is 2. The number of hydrogen-bond acceptors (Lipinski definition) is 3. The maximum absolute atomic E-state index is 13.4. The zero-order chi connectivity index (χ0) is 23.4. The van der Waals surface area contributed by atoms with Crippen LogP contribution in [0.4, 0.5) is 5.69 Å². The first-order valence-corrected chi connectivity index (χ1v) is 12.2. The minimum atomic E-state index is -4.07. The van der Waals surface area contributed by atoms with Gasteiger partial charge < -0.3 is 5.32 Å². The van der Waals surface area contributed by atoms with E-state index >= 15 is 0 Å². The van der Waals surface area contributed by atoms with E-state index in [4.69, 9.17) is 23.2 Å². The Bertz CT molecular complexity index is 1180. The predicted molar refractivity (Wildman–Crippen MR) is 130 cm³/mol. The van der Waals surface area contributed by atoms with Gasteiger partial charge in [-0.3, -0.25) is 9.10 Å². The van der Waals surface area contributed by atoms with E-state index in [9.17, 15) is 13.2 Å². The second kappa shape index (κ2) is 9.94. The molecule has 0 saturated heterocycles. The van der Waals surface area contributed by atoms with Crippen LogP contribution in [-0.2, 0) is 21.2 Å². The number of hydrogen-bond donors (Lipinski definition) is 1. The molecular weight excluding hydrogens is 467 g/mol. The highest BCUT2D eigenvalue weighted by atomic mass is 35.5. The predicted octanol–water partition coefficient (Wildman–Crippen LogP) is 5.33. The van der Waals surface area contributed by atoms with Gasteiger partial charge in [0.25, 0.3) is 10.0 Å². The van der Waals surface area contributed by atoms with Crippen molar-refractivity contribution in [3.05, 3.63) is 94.5 Å². The van der Waals surface area contributed by atoms with E-state index in [0.29, 0.717) is 6.42 Å². The molecule has 0 aliphatic carbocycles. The quantitative estimate of drug-likeness (QED) is 0.464. The number of amides is 1. The Labute approximate surface area is 199 Å². The third-order valence-corrected chi connectivity index (χ3v) is 7.37. The van der Waals surface area contributed by atoms with E-state index in [-0.39, 0.29) is 20.6 Å². The summed E-state index contributed by atoms with van der Waals surface area (Å²) in [6.07, 6.45) is 0.586. The zero-order valence-corrected chi connectivity index (χ0v) is 20.1. The van der Waals surface area contributed by atoms with Gasteiger partial charge in [-0.05, 0) is 50.1 Å². The van der Waals surface area contributed by atoms with Crippen LogP contribution in [0.1, 0.15) is 19.4 Å². The summed E-state index contributed by atoms with van der Waals surface area (Å²) >= 11 is 12.5. The van der Waals surface area contributed by atoms with Crippen molar-refractivity contribution in [2.45, 2.75) is 30.7 Å². The van der Waals surface area contributed by atoms with Gasteiger partial charge in [0.1, 0.15) is 6.54 Å². The first-order valence-electron chi connectivity index (χ1n) is 9.97. The second-order valence-electron chi connectivity index (χ2n) is 7.99. The Balaban J connectivity index is 1.90. The van der Waals surface area contributed by atoms with Crippen molar-refractivity contribution in [3.8, 4) is 0 Å². The number of nitrogens with zero attached hydrogens (tertiary/aromatic N) is 1. The Hall–Kier alpha value is -2.54. The largest absolute Gasteiger partial charge is 0.349 e. The summed E-state index contributed by atoms with van der Waals surface area (Å²) in [4.78, 5) is 13.1. The van der Waals surface area contributed by atoms with Crippen molar-refractivity contribution in [2.75, 3.05) is 10.8 Å². The van der Waals surface area contributed by atoms with Gasteiger partial charge in [0.2, 0.25) is 5.91 Å². The molecule has 3 rings (SSSR count). The fourth-order valence-corrected chi connectivity index (χ4v) is 5.30. The lowest BCUT2D eigenvalue weighted by Gasteiger charge is -2.30. The van der Waals surface area contributed by atoms with Gasteiger partial charge >= 0.3 is 0 Å². The van der Waals surface area contributed by atoms with E-state index in [1.165, 1.54) is 18.2 Å². The Morgan fingerprint density at radius 1 is 0.906 bits per heavy atom. The summed E-state index contributed by atoms with van der Waals surface area (Å²) in [6.45, 7) is 3.33. The third-order valence-electron chi connectivity index (χ3n) is 4.79. The smallest absolute Gasteiger partial charge is 0.264 e. The van der Waals surface area contributed by atoms with Gasteiger partial charge in [-0.15, -0.1) is 0 Å². The molecule has 1 N–H and O–H groups in total. The minimum absolute atomic E-state index is 0.0485. The van der Waals surface area contributed by atoms with Gasteiger partial charge in [0, 0.05) is 5.54 Å². The van der Waals surface area contributed by atoms with Crippen LogP contribution in [0.5, 0.6) is 0 Å². The summed E-state index contributed by atoms with van der Waals surface area (Å²) in [5.74, 6) is -0.457. The van der Waals surface area contributed by atoms with Crippen molar-refractivity contribution < 1.29 is 13.2 Å². The molecule has 0 fully saturated rings. The minimum Gasteiger partial charge on any atom is -0.349 e. The van der Waals surface area contributed by atoms with Gasteiger partial charge in [-0.2, -0.15) is 0 Å². The van der Waals surface area contributed by atoms with Crippen molar-refractivity contribution >= 4 is 44.8 Å². The summed E-state index contributed by atoms with van der Waals surface area (Å²) in [5, 5.41) is 3.20. The molecule has 0 aliphatic heterocycles. The molecule has 0 saturated carbocycles. The normalized spacial score (nSPS) is 11.8. The van der Waals surface area contributed by atoms with Gasteiger partial charge in [-0.25, -0.2) is 8.42 Å². The van der Waals surface area contributed by atoms with Crippen LogP contribution in [0.15, 0.2) is 83.8 Å². The first-order chi connectivity index (χ1) is 15.1. The topological polar surface area (TPSA) is 66.5 Å². The van der Waals surface area contributed by atoms with Crippen LogP contribution in [0.25, 0.3) is 0 Å². The number of carbonyl (C=O) groups is 1. The third kappa shape index (κ3) is 5.82. The number of rotatable bonds is 8. The number of carbonyl (C=O) groups excluding carboxylic acids is 1. The lowest BCUT2D eigenvalue weighted by molar-refractivity contribution is -0.121. The number of anilines is 1. The lowest BCUT2D eigenvalue weighted by atomic mass is 9.95. The molecule has 0 bridgehead atoms. The van der Waals surface area contributed by atoms with Crippen LogP contribution in [-0.4, -0.2) is 26.4 Å². The van der Waals surface area contributed by atoms with Crippen LogP contribution >= 0.6 is 23.2 Å². The number of sulfonamides is 1. The average molecular weight is 491 g/mol. The highest BCUT2D eigenvalue weighted by molar-refractivity contribution is 7.92. The van der Waals surface area contributed by atoms with Crippen molar-refractivity contribution in [2.24, 2.45) is 0 Å². The fourth-order valence-electron chi connectivity index (χ4n) is 3.40.